The third kappa shape index (κ3) is 6.64. The largest absolute Gasteiger partial charge is 0.489 e. The van der Waals surface area contributed by atoms with Crippen LogP contribution in [0.2, 0.25) is 0 Å². The van der Waals surface area contributed by atoms with Gasteiger partial charge in [0.2, 0.25) is 5.91 Å². The van der Waals surface area contributed by atoms with Gasteiger partial charge in [0.05, 0.1) is 0 Å². The van der Waals surface area contributed by atoms with Crippen molar-refractivity contribution in [3.05, 3.63) is 36.4 Å². The monoisotopic (exact) mass is 641 g/mol. The van der Waals surface area contributed by atoms with Crippen molar-refractivity contribution in [1.82, 2.24) is 0 Å². The lowest BCUT2D eigenvalue weighted by atomic mass is 9.74. The van der Waals surface area contributed by atoms with Gasteiger partial charge in [-0.25, -0.2) is 0 Å². The highest BCUT2D eigenvalue weighted by Crippen LogP contribution is 2.57. The quantitative estimate of drug-likeness (QED) is 0.194. The van der Waals surface area contributed by atoms with Crippen molar-refractivity contribution in [2.45, 2.75) is 48.4 Å². The van der Waals surface area contributed by atoms with Crippen molar-refractivity contribution in [2.75, 3.05) is 5.32 Å². The predicted octanol–water partition coefficient (Wildman–Crippen LogP) is 4.82. The Morgan fingerprint density at radius 1 is 0.756 bits per heavy atom. The van der Waals surface area contributed by atoms with E-state index in [1.165, 1.54) is 4.74 Å². The molecule has 234 valence electrons. The molecule has 1 rings (SSSR count). The first-order valence-corrected chi connectivity index (χ1v) is 9.47. The molecule has 0 aliphatic heterocycles. The molecule has 0 radical (unpaired) electrons. The molecule has 1 aromatic rings. The smallest absolute Gasteiger partial charge is 0.423 e. The third-order valence-corrected chi connectivity index (χ3v) is 4.49. The van der Waals surface area contributed by atoms with Crippen molar-refractivity contribution in [2.24, 2.45) is 0 Å². The summed E-state index contributed by atoms with van der Waals surface area (Å²) in [7, 11) is -3.43. The number of benzene rings is 1. The maximum Gasteiger partial charge on any atom is 0.489 e. The number of anilines is 1. The lowest BCUT2D eigenvalue weighted by Crippen LogP contribution is -2.67. The molecule has 1 amide bonds. The van der Waals surface area contributed by atoms with Gasteiger partial charge in [-0.05, 0) is 23.7 Å². The number of ether oxygens (including phenoxy) is 2. The molecular weight excluding hydrogens is 632 g/mol. The molecule has 0 aliphatic rings. The highest BCUT2D eigenvalue weighted by molar-refractivity contribution is 6.59. The van der Waals surface area contributed by atoms with E-state index < -0.39 is 84.2 Å². The van der Waals surface area contributed by atoms with Crippen LogP contribution in [0.1, 0.15) is 5.56 Å². The molecule has 6 nitrogen and oxygen atoms in total. The molecule has 0 aromatic heterocycles. The fourth-order valence-electron chi connectivity index (χ4n) is 2.54. The van der Waals surface area contributed by atoms with Gasteiger partial charge in [-0.1, -0.05) is 12.6 Å². The highest BCUT2D eigenvalue weighted by Gasteiger charge is 2.85. The molecule has 2 atom stereocenters. The molecule has 0 bridgehead atoms. The van der Waals surface area contributed by atoms with Crippen LogP contribution < -0.4 is 10.8 Å². The van der Waals surface area contributed by atoms with Gasteiger partial charge in [0.25, 0.3) is 0 Å². The summed E-state index contributed by atoms with van der Waals surface area (Å²) in [6.45, 7) is 2.92. The van der Waals surface area contributed by atoms with Crippen LogP contribution >= 0.6 is 0 Å². The Kier molecular flexibility index (Phi) is 9.50. The number of amides is 1. The van der Waals surface area contributed by atoms with Crippen molar-refractivity contribution >= 4 is 24.2 Å². The summed E-state index contributed by atoms with van der Waals surface area (Å²) >= 11 is 0. The predicted molar refractivity (Wildman–Crippen MR) is 96.9 cm³/mol. The van der Waals surface area contributed by atoms with Crippen LogP contribution in [0, 0.1) is 0 Å². The summed E-state index contributed by atoms with van der Waals surface area (Å²) in [6.07, 6.45) is -38.2. The van der Waals surface area contributed by atoms with Crippen molar-refractivity contribution in [3.8, 4) is 0 Å². The molecule has 2 unspecified atom stereocenters. The Morgan fingerprint density at radius 3 is 1.61 bits per heavy atom. The van der Waals surface area contributed by atoms with Crippen LogP contribution in [-0.4, -0.2) is 65.6 Å². The summed E-state index contributed by atoms with van der Waals surface area (Å²) in [6, 6.07) is -0.410. The molecule has 41 heavy (non-hydrogen) atoms. The summed E-state index contributed by atoms with van der Waals surface area (Å²) in [4.78, 5) is 11.3. The van der Waals surface area contributed by atoms with E-state index in [2.05, 4.69) is 11.3 Å². The molecule has 1 aromatic carbocycles. The lowest BCUT2D eigenvalue weighted by molar-refractivity contribution is -0.554. The average molecular weight is 641 g/mol. The second-order valence-electron chi connectivity index (χ2n) is 7.36. The van der Waals surface area contributed by atoms with Gasteiger partial charge in [0.1, 0.15) is 0 Å². The van der Waals surface area contributed by atoms with Gasteiger partial charge in [-0.15, -0.1) is 0 Å². The van der Waals surface area contributed by atoms with Crippen LogP contribution in [0.15, 0.2) is 30.9 Å². The molecule has 3 N–H and O–H groups in total. The summed E-state index contributed by atoms with van der Waals surface area (Å²) < 4.78 is 231. The Morgan fingerprint density at radius 2 is 1.24 bits per heavy atom. The molecule has 0 aliphatic carbocycles. The summed E-state index contributed by atoms with van der Waals surface area (Å²) in [5.41, 5.74) is -5.52. The van der Waals surface area contributed by atoms with E-state index in [9.17, 15) is 85.1 Å². The van der Waals surface area contributed by atoms with E-state index in [0.29, 0.717) is 6.08 Å². The van der Waals surface area contributed by atoms with E-state index >= 15 is 4.39 Å². The number of carbonyl (C=O) groups excluding carboxylic acids is 1. The second-order valence-corrected chi connectivity index (χ2v) is 7.36. The van der Waals surface area contributed by atoms with E-state index in [0.717, 1.165) is 0 Å². The highest BCUT2D eigenvalue weighted by atomic mass is 19.4. The number of hydrogen-bond acceptors (Lipinski definition) is 5. The van der Waals surface area contributed by atoms with E-state index in [4.69, 9.17) is 0 Å². The lowest BCUT2D eigenvalue weighted by Gasteiger charge is -2.41. The molecule has 0 spiro atoms. The maximum atomic E-state index is 15.1. The fourth-order valence-corrected chi connectivity index (χ4v) is 2.54. The molecule has 0 saturated carbocycles. The number of halogens is 17. The van der Waals surface area contributed by atoms with Crippen molar-refractivity contribution in [1.29, 1.82) is 0 Å². The molecule has 24 heteroatoms. The zero-order valence-electron chi connectivity index (χ0n) is 18.6. The second kappa shape index (κ2) is 10.8. The number of nitrogens with one attached hydrogen (secondary N) is 1. The number of carbonyl (C=O) groups is 1. The zero-order valence-corrected chi connectivity index (χ0v) is 18.6. The Balaban J connectivity index is 3.91. The Hall–Kier alpha value is -2.86. The zero-order chi connectivity index (χ0) is 32.8. The third-order valence-electron chi connectivity index (χ3n) is 4.49. The van der Waals surface area contributed by atoms with Gasteiger partial charge in [0, 0.05) is 11.3 Å². The molecule has 0 heterocycles. The van der Waals surface area contributed by atoms with Crippen LogP contribution in [0.3, 0.4) is 0 Å². The molecular formula is C17H9BF17NO5. The average Bonchev–Trinajstić information content (AvgIpc) is 2.75. The van der Waals surface area contributed by atoms with Crippen LogP contribution in [0.4, 0.5) is 80.3 Å². The normalized spacial score (nSPS) is 17.0. The van der Waals surface area contributed by atoms with Gasteiger partial charge in [-0.3, -0.25) is 14.3 Å². The number of hydrogen-bond donors (Lipinski definition) is 3. The first kappa shape index (κ1) is 36.2. The van der Waals surface area contributed by atoms with Crippen LogP contribution in [0.25, 0.3) is 0 Å². The molecule has 0 fully saturated rings. The number of alkyl halides is 17. The first-order valence-electron chi connectivity index (χ1n) is 9.47. The van der Waals surface area contributed by atoms with E-state index in [-0.39, 0.29) is 12.1 Å². The van der Waals surface area contributed by atoms with Gasteiger partial charge in [0.15, 0.2) is 0 Å². The van der Waals surface area contributed by atoms with Crippen molar-refractivity contribution in [3.63, 3.8) is 0 Å². The maximum absolute atomic E-state index is 15.1. The summed E-state index contributed by atoms with van der Waals surface area (Å²) in [5.74, 6) is -23.9. The van der Waals surface area contributed by atoms with E-state index in [1.54, 1.807) is 5.32 Å². The van der Waals surface area contributed by atoms with E-state index in [1.807, 2.05) is 0 Å². The fraction of sp³-hybridized carbons (Fsp3) is 0.471. The standard InChI is InChI=1S/C17H9BF17NO5/c1-2-9(37)36-6-3-4-7(8(5-6)18(38)39)10(19,13(23,24)25)40-17(34,35)12(22,15(29,30)31)41-16(32,33)11(20,21)14(26,27)28/h2-5,38-39H,1H2,(H,36,37). The molecule has 0 saturated heterocycles. The SMILES string of the molecule is C=CC(=O)Nc1ccc(C(F)(OC(F)(F)C(F)(OC(F)(F)C(F)(F)C(F)(F)F)C(F)(F)F)C(F)(F)F)c(B(O)O)c1. The minimum absolute atomic E-state index is 0.0655. The van der Waals surface area contributed by atoms with Crippen LogP contribution in [0.5, 0.6) is 0 Å². The minimum atomic E-state index is -8.10. The Bertz CT molecular complexity index is 1140. The minimum Gasteiger partial charge on any atom is -0.423 e. The van der Waals surface area contributed by atoms with Crippen molar-refractivity contribution < 1.29 is 99.0 Å². The van der Waals surface area contributed by atoms with Crippen LogP contribution in [-0.2, 0) is 20.1 Å². The number of rotatable bonds is 10. The van der Waals surface area contributed by atoms with Gasteiger partial charge < -0.3 is 15.4 Å². The first-order chi connectivity index (χ1) is 17.9. The topological polar surface area (TPSA) is 88.0 Å². The Labute approximate surface area is 214 Å². The summed E-state index contributed by atoms with van der Waals surface area (Å²) in [5, 5.41) is 20.2. The van der Waals surface area contributed by atoms with Gasteiger partial charge in [-0.2, -0.15) is 74.6 Å². The van der Waals surface area contributed by atoms with Gasteiger partial charge >= 0.3 is 55.5 Å².